The predicted molar refractivity (Wildman–Crippen MR) is 108 cm³/mol. The van der Waals surface area contributed by atoms with Crippen molar-refractivity contribution in [2.75, 3.05) is 36.4 Å². The van der Waals surface area contributed by atoms with Gasteiger partial charge in [0.05, 0.1) is 6.54 Å². The average molecular weight is 366 g/mol. The third-order valence-electron chi connectivity index (χ3n) is 5.02. The second-order valence-electron chi connectivity index (χ2n) is 7.14. The summed E-state index contributed by atoms with van der Waals surface area (Å²) in [6.07, 6.45) is 1.83. The number of quaternary nitrogens is 1. The molecule has 1 heterocycles. The number of carbonyl (C=O) groups excluding carboxylic acids is 2. The second kappa shape index (κ2) is 8.82. The maximum absolute atomic E-state index is 12.9. The quantitative estimate of drug-likeness (QED) is 0.785. The molecule has 2 amide bonds. The SMILES string of the molecule is CCC[NH+](CC(=O)Nc1ccccc1C)CC(=O)N1CCc2ccccc21. The molecule has 142 valence electrons. The summed E-state index contributed by atoms with van der Waals surface area (Å²) >= 11 is 0. The number of anilines is 2. The Bertz CT molecular complexity index is 819. The zero-order chi connectivity index (χ0) is 19.2. The molecule has 5 nitrogen and oxygen atoms in total. The highest BCUT2D eigenvalue weighted by Crippen LogP contribution is 2.27. The van der Waals surface area contributed by atoms with Gasteiger partial charge in [-0.2, -0.15) is 0 Å². The molecule has 0 fully saturated rings. The number of nitrogens with zero attached hydrogens (tertiary/aromatic N) is 1. The van der Waals surface area contributed by atoms with Crippen LogP contribution in [0.2, 0.25) is 0 Å². The molecule has 0 bridgehead atoms. The largest absolute Gasteiger partial charge is 0.321 e. The van der Waals surface area contributed by atoms with Gasteiger partial charge in [0.2, 0.25) is 0 Å². The fourth-order valence-electron chi connectivity index (χ4n) is 3.63. The van der Waals surface area contributed by atoms with Crippen LogP contribution >= 0.6 is 0 Å². The van der Waals surface area contributed by atoms with Crippen LogP contribution in [-0.4, -0.2) is 38.0 Å². The van der Waals surface area contributed by atoms with Gasteiger partial charge < -0.3 is 15.1 Å². The van der Waals surface area contributed by atoms with Gasteiger partial charge in [0.25, 0.3) is 11.8 Å². The Morgan fingerprint density at radius 3 is 2.59 bits per heavy atom. The molecular weight excluding hydrogens is 338 g/mol. The van der Waals surface area contributed by atoms with Crippen molar-refractivity contribution in [3.05, 3.63) is 59.7 Å². The van der Waals surface area contributed by atoms with Crippen molar-refractivity contribution in [3.63, 3.8) is 0 Å². The molecule has 1 atom stereocenters. The zero-order valence-corrected chi connectivity index (χ0v) is 16.1. The van der Waals surface area contributed by atoms with E-state index < -0.39 is 0 Å². The molecule has 0 saturated carbocycles. The highest BCUT2D eigenvalue weighted by atomic mass is 16.2. The number of hydrogen-bond acceptors (Lipinski definition) is 2. The molecule has 1 unspecified atom stereocenters. The van der Waals surface area contributed by atoms with Gasteiger partial charge in [-0.05, 0) is 43.0 Å². The van der Waals surface area contributed by atoms with Crippen LogP contribution in [0, 0.1) is 6.92 Å². The van der Waals surface area contributed by atoms with E-state index in [0.717, 1.165) is 47.8 Å². The normalized spacial score (nSPS) is 13.9. The molecule has 0 aromatic heterocycles. The lowest BCUT2D eigenvalue weighted by Crippen LogP contribution is -3.14. The Kier molecular flexibility index (Phi) is 6.24. The molecule has 0 spiro atoms. The number of nitrogens with one attached hydrogen (secondary N) is 2. The smallest absolute Gasteiger partial charge is 0.282 e. The van der Waals surface area contributed by atoms with Gasteiger partial charge in [-0.25, -0.2) is 0 Å². The lowest BCUT2D eigenvalue weighted by Gasteiger charge is -2.22. The third-order valence-corrected chi connectivity index (χ3v) is 5.02. The van der Waals surface area contributed by atoms with E-state index in [1.165, 1.54) is 5.56 Å². The van der Waals surface area contributed by atoms with Crippen LogP contribution in [0.3, 0.4) is 0 Å². The summed E-state index contributed by atoms with van der Waals surface area (Å²) in [6.45, 7) is 6.21. The summed E-state index contributed by atoms with van der Waals surface area (Å²) in [5.41, 5.74) is 4.11. The van der Waals surface area contributed by atoms with E-state index in [-0.39, 0.29) is 11.8 Å². The van der Waals surface area contributed by atoms with E-state index in [1.807, 2.05) is 54.3 Å². The predicted octanol–water partition coefficient (Wildman–Crippen LogP) is 1.82. The summed E-state index contributed by atoms with van der Waals surface area (Å²) in [5, 5.41) is 2.97. The molecule has 27 heavy (non-hydrogen) atoms. The first kappa shape index (κ1) is 19.1. The highest BCUT2D eigenvalue weighted by molar-refractivity contribution is 5.96. The number of para-hydroxylation sites is 2. The number of hydrogen-bond donors (Lipinski definition) is 2. The molecule has 1 aliphatic rings. The van der Waals surface area contributed by atoms with Gasteiger partial charge in [-0.1, -0.05) is 43.3 Å². The Morgan fingerprint density at radius 1 is 1.07 bits per heavy atom. The Labute approximate surface area is 161 Å². The molecule has 0 saturated heterocycles. The van der Waals surface area contributed by atoms with Crippen LogP contribution in [-0.2, 0) is 16.0 Å². The molecule has 2 aromatic carbocycles. The minimum Gasteiger partial charge on any atom is -0.321 e. The minimum atomic E-state index is -0.0534. The maximum Gasteiger partial charge on any atom is 0.282 e. The van der Waals surface area contributed by atoms with Crippen LogP contribution in [0.4, 0.5) is 11.4 Å². The van der Waals surface area contributed by atoms with Gasteiger partial charge in [0.1, 0.15) is 0 Å². The number of rotatable bonds is 7. The summed E-state index contributed by atoms with van der Waals surface area (Å²) in [6, 6.07) is 15.8. The summed E-state index contributed by atoms with van der Waals surface area (Å²) < 4.78 is 0. The number of carbonyl (C=O) groups is 2. The number of benzene rings is 2. The molecule has 3 rings (SSSR count). The monoisotopic (exact) mass is 366 g/mol. The molecular formula is C22H28N3O2+. The average Bonchev–Trinajstić information content (AvgIpc) is 3.08. The van der Waals surface area contributed by atoms with Crippen LogP contribution in [0.1, 0.15) is 24.5 Å². The third kappa shape index (κ3) is 4.74. The molecule has 0 radical (unpaired) electrons. The van der Waals surface area contributed by atoms with Crippen LogP contribution in [0.25, 0.3) is 0 Å². The fraction of sp³-hybridized carbons (Fsp3) is 0.364. The van der Waals surface area contributed by atoms with E-state index in [1.54, 1.807) is 0 Å². The van der Waals surface area contributed by atoms with Gasteiger partial charge in [0.15, 0.2) is 13.1 Å². The molecule has 5 heteroatoms. The van der Waals surface area contributed by atoms with Gasteiger partial charge in [-0.3, -0.25) is 9.59 Å². The first-order valence-corrected chi connectivity index (χ1v) is 9.65. The van der Waals surface area contributed by atoms with E-state index in [9.17, 15) is 9.59 Å². The van der Waals surface area contributed by atoms with Gasteiger partial charge in [0, 0.05) is 17.9 Å². The van der Waals surface area contributed by atoms with E-state index in [2.05, 4.69) is 18.3 Å². The first-order valence-electron chi connectivity index (χ1n) is 9.65. The van der Waals surface area contributed by atoms with Crippen LogP contribution < -0.4 is 15.1 Å². The standard InChI is InChI=1S/C22H27N3O2/c1-3-13-24(15-21(26)23-19-10-6-4-8-17(19)2)16-22(27)25-14-12-18-9-5-7-11-20(18)25/h4-11H,3,12-16H2,1-2H3,(H,23,26)/p+1. The Balaban J connectivity index is 1.61. The van der Waals surface area contributed by atoms with Crippen molar-refractivity contribution in [1.29, 1.82) is 0 Å². The number of aryl methyl sites for hydroxylation is 1. The Hall–Kier alpha value is -2.66. The highest BCUT2D eigenvalue weighted by Gasteiger charge is 2.27. The van der Waals surface area contributed by atoms with Crippen molar-refractivity contribution in [1.82, 2.24) is 0 Å². The van der Waals surface area contributed by atoms with E-state index >= 15 is 0 Å². The molecule has 0 aliphatic carbocycles. The summed E-state index contributed by atoms with van der Waals surface area (Å²) in [7, 11) is 0. The number of fused-ring (bicyclic) bond motifs is 1. The minimum absolute atomic E-state index is 0.0534. The van der Waals surface area contributed by atoms with E-state index in [4.69, 9.17) is 0 Å². The van der Waals surface area contributed by atoms with Crippen molar-refractivity contribution in [2.45, 2.75) is 26.7 Å². The second-order valence-corrected chi connectivity index (χ2v) is 7.14. The fourth-order valence-corrected chi connectivity index (χ4v) is 3.63. The lowest BCUT2D eigenvalue weighted by molar-refractivity contribution is -0.883. The topological polar surface area (TPSA) is 53.9 Å². The molecule has 2 aromatic rings. The van der Waals surface area contributed by atoms with Crippen molar-refractivity contribution in [3.8, 4) is 0 Å². The lowest BCUT2D eigenvalue weighted by atomic mass is 10.2. The first-order chi connectivity index (χ1) is 13.1. The van der Waals surface area contributed by atoms with Crippen LogP contribution in [0.5, 0.6) is 0 Å². The van der Waals surface area contributed by atoms with Gasteiger partial charge >= 0.3 is 0 Å². The van der Waals surface area contributed by atoms with Crippen molar-refractivity contribution in [2.24, 2.45) is 0 Å². The van der Waals surface area contributed by atoms with Gasteiger partial charge in [-0.15, -0.1) is 0 Å². The summed E-state index contributed by atoms with van der Waals surface area (Å²) in [4.78, 5) is 28.2. The summed E-state index contributed by atoms with van der Waals surface area (Å²) in [5.74, 6) is 0.0365. The number of amides is 2. The zero-order valence-electron chi connectivity index (χ0n) is 16.1. The molecule has 2 N–H and O–H groups in total. The maximum atomic E-state index is 12.9. The van der Waals surface area contributed by atoms with E-state index in [0.29, 0.717) is 13.1 Å². The van der Waals surface area contributed by atoms with Crippen molar-refractivity contribution >= 4 is 23.2 Å². The Morgan fingerprint density at radius 2 is 1.81 bits per heavy atom. The van der Waals surface area contributed by atoms with Crippen LogP contribution in [0.15, 0.2) is 48.5 Å². The van der Waals surface area contributed by atoms with Crippen molar-refractivity contribution < 1.29 is 14.5 Å². The molecule has 1 aliphatic heterocycles.